The minimum atomic E-state index is -4.58. The van der Waals surface area contributed by atoms with E-state index in [1.807, 2.05) is 0 Å². The maximum Gasteiger partial charge on any atom is 0.402 e. The lowest BCUT2D eigenvalue weighted by molar-refractivity contribution is -0.121. The molecule has 1 rings (SSSR count). The van der Waals surface area contributed by atoms with Crippen LogP contribution in [-0.4, -0.2) is 49.2 Å². The minimum Gasteiger partial charge on any atom is -0.393 e. The summed E-state index contributed by atoms with van der Waals surface area (Å²) >= 11 is 0. The summed E-state index contributed by atoms with van der Waals surface area (Å²) in [6, 6.07) is -0.445. The Hall–Kier alpha value is -0.380. The highest BCUT2D eigenvalue weighted by Gasteiger charge is 2.36. The summed E-state index contributed by atoms with van der Waals surface area (Å²) in [7, 11) is -4.16. The zero-order valence-electron chi connectivity index (χ0n) is 10.7. The van der Waals surface area contributed by atoms with Gasteiger partial charge in [-0.1, -0.05) is 6.42 Å². The molecule has 1 fully saturated rings. The molecule has 19 heavy (non-hydrogen) atoms. The maximum absolute atomic E-state index is 12.1. The summed E-state index contributed by atoms with van der Waals surface area (Å²) in [6.07, 6.45) is -3.07. The SMILES string of the molecule is CC(O)CC1CCCCN1S(=O)(=O)NCC(F)(F)F. The van der Waals surface area contributed by atoms with Gasteiger partial charge in [0.15, 0.2) is 0 Å². The number of aliphatic hydroxyl groups is 1. The first-order valence-corrected chi connectivity index (χ1v) is 7.57. The van der Waals surface area contributed by atoms with Crippen molar-refractivity contribution in [3.63, 3.8) is 0 Å². The number of rotatable bonds is 5. The van der Waals surface area contributed by atoms with Crippen molar-refractivity contribution in [1.29, 1.82) is 0 Å². The number of nitrogens with zero attached hydrogens (tertiary/aromatic N) is 1. The van der Waals surface area contributed by atoms with Crippen molar-refractivity contribution < 1.29 is 26.7 Å². The average molecular weight is 304 g/mol. The van der Waals surface area contributed by atoms with Crippen LogP contribution in [0.4, 0.5) is 13.2 Å². The number of nitrogens with one attached hydrogen (secondary N) is 1. The molecule has 114 valence electrons. The molecule has 0 radical (unpaired) electrons. The molecule has 0 saturated carbocycles. The van der Waals surface area contributed by atoms with E-state index in [0.717, 1.165) is 10.7 Å². The highest BCUT2D eigenvalue weighted by molar-refractivity contribution is 7.87. The second-order valence-electron chi connectivity index (χ2n) is 4.79. The Kier molecular flexibility index (Phi) is 5.60. The van der Waals surface area contributed by atoms with Crippen LogP contribution in [0.5, 0.6) is 0 Å². The van der Waals surface area contributed by atoms with Crippen LogP contribution in [0.25, 0.3) is 0 Å². The lowest BCUT2D eigenvalue weighted by Crippen LogP contribution is -2.51. The van der Waals surface area contributed by atoms with Gasteiger partial charge < -0.3 is 5.11 Å². The Bertz CT molecular complexity index is 384. The first kappa shape index (κ1) is 16.7. The summed E-state index contributed by atoms with van der Waals surface area (Å²) in [5.41, 5.74) is 0. The van der Waals surface area contributed by atoms with Gasteiger partial charge >= 0.3 is 6.18 Å². The predicted octanol–water partition coefficient (Wildman–Crippen LogP) is 1.01. The standard InChI is InChI=1S/C10H19F3N2O3S/c1-8(16)6-9-4-2-3-5-15(9)19(17,18)14-7-10(11,12)13/h8-9,14,16H,2-7H2,1H3. The molecule has 2 N–H and O–H groups in total. The van der Waals surface area contributed by atoms with E-state index in [4.69, 9.17) is 0 Å². The third kappa shape index (κ3) is 5.64. The summed E-state index contributed by atoms with van der Waals surface area (Å²) in [6.45, 7) is 0.139. The third-order valence-electron chi connectivity index (χ3n) is 2.95. The van der Waals surface area contributed by atoms with Crippen LogP contribution in [0.1, 0.15) is 32.6 Å². The second-order valence-corrected chi connectivity index (χ2v) is 6.49. The van der Waals surface area contributed by atoms with Crippen molar-refractivity contribution in [3.05, 3.63) is 0 Å². The van der Waals surface area contributed by atoms with Crippen LogP contribution in [0, 0.1) is 0 Å². The smallest absolute Gasteiger partial charge is 0.393 e. The lowest BCUT2D eigenvalue weighted by atomic mass is 10.00. The third-order valence-corrected chi connectivity index (χ3v) is 4.56. The minimum absolute atomic E-state index is 0.185. The molecule has 0 aliphatic carbocycles. The van der Waals surface area contributed by atoms with Gasteiger partial charge in [-0.05, 0) is 26.2 Å². The lowest BCUT2D eigenvalue weighted by Gasteiger charge is -2.35. The summed E-state index contributed by atoms with van der Waals surface area (Å²) in [4.78, 5) is 0. The van der Waals surface area contributed by atoms with Crippen LogP contribution in [0.3, 0.4) is 0 Å². The summed E-state index contributed by atoms with van der Waals surface area (Å²) in [5.74, 6) is 0. The zero-order chi connectivity index (χ0) is 14.7. The zero-order valence-corrected chi connectivity index (χ0v) is 11.5. The van der Waals surface area contributed by atoms with E-state index >= 15 is 0 Å². The van der Waals surface area contributed by atoms with Crippen molar-refractivity contribution in [3.8, 4) is 0 Å². The molecule has 5 nitrogen and oxygen atoms in total. The molecule has 1 saturated heterocycles. The molecule has 1 aliphatic rings. The van der Waals surface area contributed by atoms with Gasteiger partial charge in [-0.3, -0.25) is 0 Å². The van der Waals surface area contributed by atoms with Crippen molar-refractivity contribution >= 4 is 10.2 Å². The molecule has 0 bridgehead atoms. The normalized spacial score (nSPS) is 24.4. The number of aliphatic hydroxyl groups excluding tert-OH is 1. The molecule has 0 aromatic rings. The predicted molar refractivity (Wildman–Crippen MR) is 63.6 cm³/mol. The van der Waals surface area contributed by atoms with Crippen LogP contribution in [0.2, 0.25) is 0 Å². The molecule has 0 aromatic heterocycles. The first-order chi connectivity index (χ1) is 8.62. The van der Waals surface area contributed by atoms with E-state index < -0.39 is 35.1 Å². The molecule has 0 amide bonds. The average Bonchev–Trinajstić information content (AvgIpc) is 2.25. The Morgan fingerprint density at radius 3 is 2.58 bits per heavy atom. The molecular formula is C10H19F3N2O3S. The van der Waals surface area contributed by atoms with E-state index in [0.29, 0.717) is 12.8 Å². The Morgan fingerprint density at radius 2 is 2.05 bits per heavy atom. The Labute approximate surface area is 111 Å². The van der Waals surface area contributed by atoms with Crippen molar-refractivity contribution in [2.75, 3.05) is 13.1 Å². The Balaban J connectivity index is 2.72. The molecule has 0 spiro atoms. The van der Waals surface area contributed by atoms with E-state index in [1.165, 1.54) is 6.92 Å². The van der Waals surface area contributed by atoms with Crippen molar-refractivity contribution in [1.82, 2.24) is 9.03 Å². The highest BCUT2D eigenvalue weighted by Crippen LogP contribution is 2.24. The van der Waals surface area contributed by atoms with Crippen LogP contribution < -0.4 is 4.72 Å². The van der Waals surface area contributed by atoms with Crippen LogP contribution in [-0.2, 0) is 10.2 Å². The quantitative estimate of drug-likeness (QED) is 0.796. The van der Waals surface area contributed by atoms with Gasteiger partial charge in [-0.15, -0.1) is 0 Å². The Morgan fingerprint density at radius 1 is 1.42 bits per heavy atom. The molecule has 1 heterocycles. The number of piperidine rings is 1. The van der Waals surface area contributed by atoms with Gasteiger partial charge in [0.2, 0.25) is 0 Å². The van der Waals surface area contributed by atoms with Gasteiger partial charge in [0.05, 0.1) is 6.10 Å². The number of hydrogen-bond donors (Lipinski definition) is 2. The molecule has 2 unspecified atom stereocenters. The van der Waals surface area contributed by atoms with Gasteiger partial charge in [0.1, 0.15) is 6.54 Å². The van der Waals surface area contributed by atoms with Crippen molar-refractivity contribution in [2.24, 2.45) is 0 Å². The largest absolute Gasteiger partial charge is 0.402 e. The first-order valence-electron chi connectivity index (χ1n) is 6.13. The summed E-state index contributed by atoms with van der Waals surface area (Å²) < 4.78 is 62.5. The van der Waals surface area contributed by atoms with E-state index in [2.05, 4.69) is 0 Å². The molecule has 2 atom stereocenters. The number of hydrogen-bond acceptors (Lipinski definition) is 3. The van der Waals surface area contributed by atoms with Crippen LogP contribution >= 0.6 is 0 Å². The van der Waals surface area contributed by atoms with E-state index in [-0.39, 0.29) is 13.0 Å². The molecule has 1 aliphatic heterocycles. The number of alkyl halides is 3. The van der Waals surface area contributed by atoms with Gasteiger partial charge in [0, 0.05) is 12.6 Å². The van der Waals surface area contributed by atoms with Gasteiger partial charge in [-0.25, -0.2) is 0 Å². The number of halogens is 3. The van der Waals surface area contributed by atoms with E-state index in [1.54, 1.807) is 4.72 Å². The fraction of sp³-hybridized carbons (Fsp3) is 1.00. The van der Waals surface area contributed by atoms with Crippen LogP contribution in [0.15, 0.2) is 0 Å². The van der Waals surface area contributed by atoms with Gasteiger partial charge in [-0.2, -0.15) is 30.6 Å². The maximum atomic E-state index is 12.1. The highest BCUT2D eigenvalue weighted by atomic mass is 32.2. The molecule has 0 aromatic carbocycles. The van der Waals surface area contributed by atoms with E-state index in [9.17, 15) is 26.7 Å². The topological polar surface area (TPSA) is 69.6 Å². The fourth-order valence-electron chi connectivity index (χ4n) is 2.18. The van der Waals surface area contributed by atoms with Gasteiger partial charge in [0.25, 0.3) is 10.2 Å². The monoisotopic (exact) mass is 304 g/mol. The molecule has 9 heteroatoms. The fourth-order valence-corrected chi connectivity index (χ4v) is 3.64. The summed E-state index contributed by atoms with van der Waals surface area (Å²) in [5, 5.41) is 9.33. The second kappa shape index (κ2) is 6.38. The molecular weight excluding hydrogens is 285 g/mol. The van der Waals surface area contributed by atoms with Crippen molar-refractivity contribution in [2.45, 2.75) is 50.9 Å².